The Hall–Kier alpha value is -1.76. The number of aliphatic hydroxyl groups is 1. The molecule has 1 atom stereocenters. The molecule has 0 aromatic heterocycles. The molecule has 0 aliphatic heterocycles. The fraction of sp³-hybridized carbons (Fsp3) is 0.462. The molecule has 1 aromatic rings. The van der Waals surface area contributed by atoms with E-state index in [4.69, 9.17) is 0 Å². The normalized spacial score (nSPS) is 12.9. The van der Waals surface area contributed by atoms with Crippen LogP contribution in [0.3, 0.4) is 0 Å². The summed E-state index contributed by atoms with van der Waals surface area (Å²) in [5, 5.41) is 11.7. The molecule has 0 aliphatic carbocycles. The summed E-state index contributed by atoms with van der Waals surface area (Å²) in [4.78, 5) is 13.2. The summed E-state index contributed by atoms with van der Waals surface area (Å²) in [7, 11) is 0. The second-order valence-corrected chi connectivity index (χ2v) is 4.39. The van der Waals surface area contributed by atoms with Gasteiger partial charge in [0.15, 0.2) is 0 Å². The number of likely N-dealkylation sites (N-methyl/N-ethyl adjacent to an activating group) is 1. The third-order valence-electron chi connectivity index (χ3n) is 2.62. The van der Waals surface area contributed by atoms with E-state index in [1.807, 2.05) is 0 Å². The average Bonchev–Trinajstić information content (AvgIpc) is 2.35. The molecule has 0 bridgehead atoms. The number of hydrogen-bond donors (Lipinski definition) is 2. The van der Waals surface area contributed by atoms with Crippen molar-refractivity contribution in [2.24, 2.45) is 0 Å². The lowest BCUT2D eigenvalue weighted by Gasteiger charge is -2.22. The van der Waals surface area contributed by atoms with Crippen molar-refractivity contribution in [1.29, 1.82) is 0 Å². The van der Waals surface area contributed by atoms with E-state index < -0.39 is 23.9 Å². The Bertz CT molecular complexity index is 444. The molecule has 0 heterocycles. The highest BCUT2D eigenvalue weighted by Crippen LogP contribution is 2.29. The number of rotatable bonds is 4. The number of alkyl halides is 3. The maximum absolute atomic E-state index is 12.4. The molecule has 0 fully saturated rings. The molecule has 112 valence electrons. The quantitative estimate of drug-likeness (QED) is 0.895. The first-order chi connectivity index (χ1) is 9.24. The second-order valence-electron chi connectivity index (χ2n) is 4.39. The molecule has 2 N–H and O–H groups in total. The van der Waals surface area contributed by atoms with Gasteiger partial charge >= 0.3 is 12.2 Å². The van der Waals surface area contributed by atoms with Crippen LogP contribution in [0.2, 0.25) is 0 Å². The molecule has 0 aliphatic rings. The van der Waals surface area contributed by atoms with E-state index in [0.717, 1.165) is 12.1 Å². The van der Waals surface area contributed by atoms with Crippen LogP contribution in [-0.4, -0.2) is 35.2 Å². The fourth-order valence-electron chi connectivity index (χ4n) is 1.62. The topological polar surface area (TPSA) is 52.6 Å². The highest BCUT2D eigenvalue weighted by atomic mass is 19.4. The van der Waals surface area contributed by atoms with Crippen molar-refractivity contribution < 1.29 is 23.1 Å². The monoisotopic (exact) mass is 290 g/mol. The van der Waals surface area contributed by atoms with Crippen molar-refractivity contribution >= 4 is 11.7 Å². The molecule has 0 unspecified atom stereocenters. The Labute approximate surface area is 115 Å². The van der Waals surface area contributed by atoms with Crippen LogP contribution in [0.4, 0.5) is 23.7 Å². The highest BCUT2D eigenvalue weighted by molar-refractivity contribution is 5.89. The van der Waals surface area contributed by atoms with Crippen LogP contribution in [-0.2, 0) is 6.18 Å². The van der Waals surface area contributed by atoms with E-state index in [0.29, 0.717) is 6.54 Å². The molecule has 0 saturated carbocycles. The second kappa shape index (κ2) is 6.60. The van der Waals surface area contributed by atoms with E-state index in [1.165, 1.54) is 17.0 Å². The predicted octanol–water partition coefficient (Wildman–Crippen LogP) is 2.94. The zero-order valence-electron chi connectivity index (χ0n) is 11.2. The molecular weight excluding hydrogens is 273 g/mol. The Morgan fingerprint density at radius 1 is 1.35 bits per heavy atom. The number of halogens is 3. The maximum Gasteiger partial charge on any atom is 0.416 e. The average molecular weight is 290 g/mol. The molecule has 20 heavy (non-hydrogen) atoms. The summed E-state index contributed by atoms with van der Waals surface area (Å²) >= 11 is 0. The number of carbonyl (C=O) groups excluding carboxylic acids is 1. The number of nitrogens with zero attached hydrogens (tertiary/aromatic N) is 1. The van der Waals surface area contributed by atoms with Gasteiger partial charge in [0.05, 0.1) is 11.7 Å². The third kappa shape index (κ3) is 4.73. The van der Waals surface area contributed by atoms with Crippen molar-refractivity contribution in [2.75, 3.05) is 18.4 Å². The molecule has 7 heteroatoms. The Kier molecular flexibility index (Phi) is 5.38. The van der Waals surface area contributed by atoms with Crippen molar-refractivity contribution in [3.05, 3.63) is 29.8 Å². The van der Waals surface area contributed by atoms with Crippen LogP contribution in [0.1, 0.15) is 19.4 Å². The molecular formula is C13H17F3N2O2. The van der Waals surface area contributed by atoms with Crippen LogP contribution in [0.15, 0.2) is 24.3 Å². The van der Waals surface area contributed by atoms with Crippen LogP contribution >= 0.6 is 0 Å². The van der Waals surface area contributed by atoms with E-state index in [9.17, 15) is 23.1 Å². The fourth-order valence-corrected chi connectivity index (χ4v) is 1.62. The minimum atomic E-state index is -4.40. The highest BCUT2D eigenvalue weighted by Gasteiger charge is 2.30. The van der Waals surface area contributed by atoms with Gasteiger partial charge in [-0.1, -0.05) is 0 Å². The van der Waals surface area contributed by atoms with Gasteiger partial charge in [-0.05, 0) is 38.1 Å². The van der Waals surface area contributed by atoms with Crippen LogP contribution in [0.25, 0.3) is 0 Å². The third-order valence-corrected chi connectivity index (χ3v) is 2.62. The molecule has 2 amide bonds. The number of amides is 2. The number of aliphatic hydroxyl groups excluding tert-OH is 1. The largest absolute Gasteiger partial charge is 0.416 e. The van der Waals surface area contributed by atoms with Gasteiger partial charge < -0.3 is 15.3 Å². The standard InChI is InChI=1S/C13H17F3N2O2/c1-3-18(8-9(2)19)12(20)17-11-6-4-10(5-7-11)13(14,15)16/h4-7,9,19H,3,8H2,1-2H3,(H,17,20)/t9-/m0/s1. The molecule has 0 radical (unpaired) electrons. The summed E-state index contributed by atoms with van der Waals surface area (Å²) in [5.41, 5.74) is -0.501. The number of benzene rings is 1. The molecule has 1 aromatic carbocycles. The van der Waals surface area contributed by atoms with Crippen molar-refractivity contribution in [3.63, 3.8) is 0 Å². The van der Waals surface area contributed by atoms with Gasteiger partial charge in [-0.3, -0.25) is 0 Å². The molecule has 1 rings (SSSR count). The van der Waals surface area contributed by atoms with E-state index in [2.05, 4.69) is 5.32 Å². The predicted molar refractivity (Wildman–Crippen MR) is 69.4 cm³/mol. The number of nitrogens with one attached hydrogen (secondary N) is 1. The van der Waals surface area contributed by atoms with Crippen LogP contribution in [0, 0.1) is 0 Å². The first kappa shape index (κ1) is 16.3. The van der Waals surface area contributed by atoms with Crippen LogP contribution in [0.5, 0.6) is 0 Å². The summed E-state index contributed by atoms with van der Waals surface area (Å²) in [6.45, 7) is 3.84. The molecule has 4 nitrogen and oxygen atoms in total. The summed E-state index contributed by atoms with van der Waals surface area (Å²) in [5.74, 6) is 0. The zero-order valence-corrected chi connectivity index (χ0v) is 11.2. The Morgan fingerprint density at radius 3 is 2.30 bits per heavy atom. The first-order valence-corrected chi connectivity index (χ1v) is 6.15. The van der Waals surface area contributed by atoms with Crippen molar-refractivity contribution in [3.8, 4) is 0 Å². The van der Waals surface area contributed by atoms with Gasteiger partial charge in [0.25, 0.3) is 0 Å². The van der Waals surface area contributed by atoms with Gasteiger partial charge in [-0.15, -0.1) is 0 Å². The number of hydrogen-bond acceptors (Lipinski definition) is 2. The summed E-state index contributed by atoms with van der Waals surface area (Å²) in [6, 6.07) is 3.72. The van der Waals surface area contributed by atoms with Crippen LogP contribution < -0.4 is 5.32 Å². The van der Waals surface area contributed by atoms with Gasteiger partial charge in [0.1, 0.15) is 0 Å². The van der Waals surface area contributed by atoms with Gasteiger partial charge in [-0.25, -0.2) is 4.79 Å². The van der Waals surface area contributed by atoms with E-state index in [1.54, 1.807) is 13.8 Å². The molecule has 0 spiro atoms. The van der Waals surface area contributed by atoms with Gasteiger partial charge in [-0.2, -0.15) is 13.2 Å². The van der Waals surface area contributed by atoms with E-state index in [-0.39, 0.29) is 12.2 Å². The number of urea groups is 1. The SMILES string of the molecule is CCN(C[C@H](C)O)C(=O)Nc1ccc(C(F)(F)F)cc1. The lowest BCUT2D eigenvalue weighted by Crippen LogP contribution is -2.39. The number of carbonyl (C=O) groups is 1. The van der Waals surface area contributed by atoms with Gasteiger partial charge in [0, 0.05) is 18.8 Å². The summed E-state index contributed by atoms with van der Waals surface area (Å²) < 4.78 is 37.2. The van der Waals surface area contributed by atoms with Crippen molar-refractivity contribution in [2.45, 2.75) is 26.1 Å². The Morgan fingerprint density at radius 2 is 1.90 bits per heavy atom. The minimum absolute atomic E-state index is 0.156. The molecule has 0 saturated heterocycles. The van der Waals surface area contributed by atoms with E-state index >= 15 is 0 Å². The Balaban J connectivity index is 2.70. The zero-order chi connectivity index (χ0) is 15.3. The smallest absolute Gasteiger partial charge is 0.392 e. The lowest BCUT2D eigenvalue weighted by molar-refractivity contribution is -0.137. The maximum atomic E-state index is 12.4. The van der Waals surface area contributed by atoms with Crippen molar-refractivity contribution in [1.82, 2.24) is 4.90 Å². The lowest BCUT2D eigenvalue weighted by atomic mass is 10.2. The summed E-state index contributed by atoms with van der Waals surface area (Å²) in [6.07, 6.45) is -5.07. The first-order valence-electron chi connectivity index (χ1n) is 6.15. The number of anilines is 1. The van der Waals surface area contributed by atoms with Gasteiger partial charge in [0.2, 0.25) is 0 Å². The minimum Gasteiger partial charge on any atom is -0.392 e.